The number of nitrogens with zero attached hydrogens (tertiary/aromatic N) is 1. The summed E-state index contributed by atoms with van der Waals surface area (Å²) >= 11 is 0. The molecular formula is C21H21FN2O2. The van der Waals surface area contributed by atoms with Crippen LogP contribution in [0.5, 0.6) is 5.75 Å². The number of aromatic amines is 1. The van der Waals surface area contributed by atoms with Crippen LogP contribution in [0, 0.1) is 11.7 Å². The minimum atomic E-state index is -0.272. The number of likely N-dealkylation sites (tertiary alicyclic amines) is 1. The number of H-pyrrole nitrogens is 1. The summed E-state index contributed by atoms with van der Waals surface area (Å²) in [4.78, 5) is 17.9. The first kappa shape index (κ1) is 16.6. The number of aromatic nitrogens is 1. The van der Waals surface area contributed by atoms with Gasteiger partial charge in [-0.1, -0.05) is 0 Å². The molecule has 1 aliphatic rings. The molecular weight excluding hydrogens is 331 g/mol. The van der Waals surface area contributed by atoms with Crippen LogP contribution >= 0.6 is 0 Å². The SMILES string of the molecule is O=C(c1ccc2[nH]ccc2c1)N1CCCC(COc2ccc(F)cc2)C1. The third-order valence-electron chi connectivity index (χ3n) is 4.91. The highest BCUT2D eigenvalue weighted by molar-refractivity contribution is 5.98. The van der Waals surface area contributed by atoms with E-state index in [-0.39, 0.29) is 17.6 Å². The number of nitrogens with one attached hydrogen (secondary N) is 1. The van der Waals surface area contributed by atoms with E-state index in [0.29, 0.717) is 18.9 Å². The van der Waals surface area contributed by atoms with Crippen LogP contribution in [0.25, 0.3) is 10.9 Å². The molecule has 0 bridgehead atoms. The number of carbonyl (C=O) groups is 1. The molecule has 1 amide bonds. The summed E-state index contributed by atoms with van der Waals surface area (Å²) in [7, 11) is 0. The van der Waals surface area contributed by atoms with Gasteiger partial charge in [0.25, 0.3) is 5.91 Å². The van der Waals surface area contributed by atoms with Crippen LogP contribution < -0.4 is 4.74 Å². The van der Waals surface area contributed by atoms with Crippen molar-refractivity contribution in [2.75, 3.05) is 19.7 Å². The van der Waals surface area contributed by atoms with Crippen molar-refractivity contribution in [1.82, 2.24) is 9.88 Å². The molecule has 26 heavy (non-hydrogen) atoms. The van der Waals surface area contributed by atoms with Gasteiger partial charge in [0.05, 0.1) is 6.61 Å². The first-order valence-electron chi connectivity index (χ1n) is 8.94. The van der Waals surface area contributed by atoms with Crippen molar-refractivity contribution < 1.29 is 13.9 Å². The Bertz CT molecular complexity index is 904. The number of halogens is 1. The number of piperidine rings is 1. The van der Waals surface area contributed by atoms with Gasteiger partial charge in [0.2, 0.25) is 0 Å². The van der Waals surface area contributed by atoms with Gasteiger partial charge in [0.1, 0.15) is 11.6 Å². The zero-order valence-electron chi connectivity index (χ0n) is 14.5. The van der Waals surface area contributed by atoms with Crippen LogP contribution in [0.2, 0.25) is 0 Å². The van der Waals surface area contributed by atoms with Crippen molar-refractivity contribution in [3.05, 3.63) is 66.1 Å². The number of fused-ring (bicyclic) bond motifs is 1. The Morgan fingerprint density at radius 1 is 1.19 bits per heavy atom. The summed E-state index contributed by atoms with van der Waals surface area (Å²) in [6, 6.07) is 13.8. The summed E-state index contributed by atoms with van der Waals surface area (Å²) in [6.45, 7) is 1.99. The molecule has 1 aromatic heterocycles. The van der Waals surface area contributed by atoms with Gasteiger partial charge in [-0.2, -0.15) is 0 Å². The van der Waals surface area contributed by atoms with Gasteiger partial charge in [0, 0.05) is 41.7 Å². The van der Waals surface area contributed by atoms with Crippen LogP contribution in [0.4, 0.5) is 4.39 Å². The predicted molar refractivity (Wildman–Crippen MR) is 98.8 cm³/mol. The molecule has 1 aliphatic heterocycles. The third-order valence-corrected chi connectivity index (χ3v) is 4.91. The van der Waals surface area contributed by atoms with E-state index in [9.17, 15) is 9.18 Å². The van der Waals surface area contributed by atoms with E-state index in [2.05, 4.69) is 4.98 Å². The van der Waals surface area contributed by atoms with Crippen LogP contribution in [0.15, 0.2) is 54.7 Å². The summed E-state index contributed by atoms with van der Waals surface area (Å²) in [5.41, 5.74) is 1.75. The molecule has 0 radical (unpaired) electrons. The second-order valence-corrected chi connectivity index (χ2v) is 6.80. The highest BCUT2D eigenvalue weighted by Crippen LogP contribution is 2.22. The number of amides is 1. The number of hydrogen-bond acceptors (Lipinski definition) is 2. The minimum absolute atomic E-state index is 0.0691. The summed E-state index contributed by atoms with van der Waals surface area (Å²) < 4.78 is 18.7. The fraction of sp³-hybridized carbons (Fsp3) is 0.286. The van der Waals surface area contributed by atoms with E-state index < -0.39 is 0 Å². The van der Waals surface area contributed by atoms with Crippen molar-refractivity contribution in [2.24, 2.45) is 5.92 Å². The highest BCUT2D eigenvalue weighted by atomic mass is 19.1. The van der Waals surface area contributed by atoms with Crippen molar-refractivity contribution in [3.8, 4) is 5.75 Å². The fourth-order valence-corrected chi connectivity index (χ4v) is 3.50. The van der Waals surface area contributed by atoms with Gasteiger partial charge in [-0.3, -0.25) is 4.79 Å². The zero-order valence-corrected chi connectivity index (χ0v) is 14.5. The maximum atomic E-state index is 13.0. The van der Waals surface area contributed by atoms with E-state index in [0.717, 1.165) is 35.9 Å². The largest absolute Gasteiger partial charge is 0.493 e. The Kier molecular flexibility index (Phi) is 4.61. The van der Waals surface area contributed by atoms with E-state index in [4.69, 9.17) is 4.74 Å². The van der Waals surface area contributed by atoms with Crippen molar-refractivity contribution >= 4 is 16.8 Å². The van der Waals surface area contributed by atoms with E-state index in [1.165, 1.54) is 12.1 Å². The Morgan fingerprint density at radius 2 is 2.04 bits per heavy atom. The molecule has 1 saturated heterocycles. The number of hydrogen-bond donors (Lipinski definition) is 1. The monoisotopic (exact) mass is 352 g/mol. The Labute approximate surface area is 151 Å². The lowest BCUT2D eigenvalue weighted by Gasteiger charge is -2.32. The van der Waals surface area contributed by atoms with Gasteiger partial charge in [-0.05, 0) is 61.4 Å². The van der Waals surface area contributed by atoms with Gasteiger partial charge >= 0.3 is 0 Å². The molecule has 5 heteroatoms. The zero-order chi connectivity index (χ0) is 17.9. The van der Waals surface area contributed by atoms with Gasteiger partial charge < -0.3 is 14.6 Å². The topological polar surface area (TPSA) is 45.3 Å². The summed E-state index contributed by atoms with van der Waals surface area (Å²) in [5.74, 6) is 0.743. The normalized spacial score (nSPS) is 17.4. The summed E-state index contributed by atoms with van der Waals surface area (Å²) in [5, 5.41) is 1.05. The molecule has 0 aliphatic carbocycles. The number of carbonyl (C=O) groups excluding carboxylic acids is 1. The van der Waals surface area contributed by atoms with E-state index >= 15 is 0 Å². The second-order valence-electron chi connectivity index (χ2n) is 6.80. The number of benzene rings is 2. The molecule has 4 nitrogen and oxygen atoms in total. The van der Waals surface area contributed by atoms with Gasteiger partial charge in [-0.25, -0.2) is 4.39 Å². The van der Waals surface area contributed by atoms with Gasteiger partial charge in [0.15, 0.2) is 0 Å². The molecule has 2 heterocycles. The first-order valence-corrected chi connectivity index (χ1v) is 8.94. The smallest absolute Gasteiger partial charge is 0.253 e. The molecule has 1 N–H and O–H groups in total. The first-order chi connectivity index (χ1) is 12.7. The van der Waals surface area contributed by atoms with Crippen LogP contribution in [-0.2, 0) is 0 Å². The Balaban J connectivity index is 1.39. The molecule has 0 saturated carbocycles. The van der Waals surface area contributed by atoms with Crippen molar-refractivity contribution in [2.45, 2.75) is 12.8 Å². The van der Waals surface area contributed by atoms with Crippen LogP contribution in [0.3, 0.4) is 0 Å². The lowest BCUT2D eigenvalue weighted by molar-refractivity contribution is 0.0633. The maximum Gasteiger partial charge on any atom is 0.253 e. The number of ether oxygens (including phenoxy) is 1. The average molecular weight is 352 g/mol. The molecule has 3 aromatic rings. The minimum Gasteiger partial charge on any atom is -0.493 e. The second kappa shape index (κ2) is 7.20. The summed E-state index contributed by atoms with van der Waals surface area (Å²) in [6.07, 6.45) is 3.88. The third kappa shape index (κ3) is 3.57. The molecule has 0 spiro atoms. The highest BCUT2D eigenvalue weighted by Gasteiger charge is 2.25. The molecule has 1 fully saturated rings. The lowest BCUT2D eigenvalue weighted by Crippen LogP contribution is -2.41. The molecule has 2 aromatic carbocycles. The molecule has 134 valence electrons. The average Bonchev–Trinajstić information content (AvgIpc) is 3.15. The predicted octanol–water partition coefficient (Wildman–Crippen LogP) is 4.24. The maximum absolute atomic E-state index is 13.0. The van der Waals surface area contributed by atoms with Crippen molar-refractivity contribution in [1.29, 1.82) is 0 Å². The molecule has 1 unspecified atom stereocenters. The van der Waals surface area contributed by atoms with E-state index in [1.807, 2.05) is 35.4 Å². The number of rotatable bonds is 4. The van der Waals surface area contributed by atoms with E-state index in [1.54, 1.807) is 12.1 Å². The molecule has 1 atom stereocenters. The lowest BCUT2D eigenvalue weighted by atomic mass is 9.98. The Hall–Kier alpha value is -2.82. The molecule has 4 rings (SSSR count). The van der Waals surface area contributed by atoms with Gasteiger partial charge in [-0.15, -0.1) is 0 Å². The van der Waals surface area contributed by atoms with Crippen LogP contribution in [0.1, 0.15) is 23.2 Å². The fourth-order valence-electron chi connectivity index (χ4n) is 3.50. The Morgan fingerprint density at radius 3 is 2.88 bits per heavy atom. The quantitative estimate of drug-likeness (QED) is 0.763. The van der Waals surface area contributed by atoms with Crippen LogP contribution in [-0.4, -0.2) is 35.5 Å². The standard InChI is InChI=1S/C21H21FN2O2/c22-18-4-6-19(7-5-18)26-14-15-2-1-11-24(13-15)21(25)17-3-8-20-16(12-17)9-10-23-20/h3-10,12,15,23H,1-2,11,13-14H2. The van der Waals surface area contributed by atoms with Crippen molar-refractivity contribution in [3.63, 3.8) is 0 Å².